The van der Waals surface area contributed by atoms with Gasteiger partial charge in [-0.15, -0.1) is 6.58 Å². The molecule has 0 aliphatic carbocycles. The first-order valence-corrected chi connectivity index (χ1v) is 5.80. The van der Waals surface area contributed by atoms with Crippen molar-refractivity contribution in [2.24, 2.45) is 0 Å². The fourth-order valence-electron chi connectivity index (χ4n) is 0.916. The van der Waals surface area contributed by atoms with Gasteiger partial charge in [-0.1, -0.05) is 17.3 Å². The summed E-state index contributed by atoms with van der Waals surface area (Å²) in [6.07, 6.45) is 2.71. The first kappa shape index (κ1) is 11.8. The second kappa shape index (κ2) is 5.60. The molecule has 0 atom stereocenters. The summed E-state index contributed by atoms with van der Waals surface area (Å²) in [5, 5.41) is 0.625. The molecule has 4 nitrogen and oxygen atoms in total. The molecule has 0 aromatic carbocycles. The molecule has 0 aliphatic rings. The molecule has 0 saturated carbocycles. The maximum Gasteiger partial charge on any atom is 0.219 e. The second-order valence-corrected chi connectivity index (χ2v) is 3.95. The van der Waals surface area contributed by atoms with E-state index in [1.54, 1.807) is 6.07 Å². The second-order valence-electron chi connectivity index (χ2n) is 3.17. The SMILES string of the molecule is C=C(C)CCOc1cc(N)nc(SC)n1. The molecule has 0 radical (unpaired) electrons. The molecule has 1 heterocycles. The number of hydrogen-bond donors (Lipinski definition) is 1. The van der Waals surface area contributed by atoms with Crippen LogP contribution in [-0.2, 0) is 0 Å². The number of ether oxygens (including phenoxy) is 1. The van der Waals surface area contributed by atoms with E-state index >= 15 is 0 Å². The number of rotatable bonds is 5. The number of anilines is 1. The molecule has 1 rings (SSSR count). The third kappa shape index (κ3) is 4.20. The standard InChI is InChI=1S/C10H15N3OS/c1-7(2)4-5-14-9-6-8(11)12-10(13-9)15-3/h6H,1,4-5H2,2-3H3,(H2,11,12,13). The van der Waals surface area contributed by atoms with Crippen molar-refractivity contribution in [3.05, 3.63) is 18.2 Å². The normalized spacial score (nSPS) is 10.0. The molecule has 15 heavy (non-hydrogen) atoms. The van der Waals surface area contributed by atoms with Crippen LogP contribution in [0, 0.1) is 0 Å². The molecule has 0 bridgehead atoms. The Morgan fingerprint density at radius 1 is 1.60 bits per heavy atom. The van der Waals surface area contributed by atoms with E-state index in [1.807, 2.05) is 13.2 Å². The fraction of sp³-hybridized carbons (Fsp3) is 0.400. The van der Waals surface area contributed by atoms with Gasteiger partial charge in [0.05, 0.1) is 6.61 Å². The predicted octanol–water partition coefficient (Wildman–Crippen LogP) is 2.13. The Kier molecular flexibility index (Phi) is 4.42. The smallest absolute Gasteiger partial charge is 0.219 e. The van der Waals surface area contributed by atoms with E-state index in [0.29, 0.717) is 23.5 Å². The van der Waals surface area contributed by atoms with Crippen LogP contribution in [0.15, 0.2) is 23.4 Å². The van der Waals surface area contributed by atoms with E-state index < -0.39 is 0 Å². The van der Waals surface area contributed by atoms with Gasteiger partial charge < -0.3 is 10.5 Å². The molecule has 0 spiro atoms. The van der Waals surface area contributed by atoms with Gasteiger partial charge in [0, 0.05) is 12.5 Å². The van der Waals surface area contributed by atoms with Crippen molar-refractivity contribution in [1.29, 1.82) is 0 Å². The van der Waals surface area contributed by atoms with Gasteiger partial charge in [-0.3, -0.25) is 0 Å². The topological polar surface area (TPSA) is 61.0 Å². The average Bonchev–Trinajstić information content (AvgIpc) is 2.16. The number of aromatic nitrogens is 2. The van der Waals surface area contributed by atoms with Crippen LogP contribution in [0.4, 0.5) is 5.82 Å². The Morgan fingerprint density at radius 3 is 2.93 bits per heavy atom. The van der Waals surface area contributed by atoms with Crippen LogP contribution in [0.5, 0.6) is 5.88 Å². The summed E-state index contributed by atoms with van der Waals surface area (Å²) in [5.41, 5.74) is 6.69. The van der Waals surface area contributed by atoms with Gasteiger partial charge in [0.1, 0.15) is 5.82 Å². The first-order valence-electron chi connectivity index (χ1n) is 4.57. The molecule has 0 unspecified atom stereocenters. The minimum absolute atomic E-state index is 0.430. The molecule has 5 heteroatoms. The van der Waals surface area contributed by atoms with Crippen LogP contribution in [-0.4, -0.2) is 22.8 Å². The quantitative estimate of drug-likeness (QED) is 0.472. The van der Waals surface area contributed by atoms with E-state index in [0.717, 1.165) is 12.0 Å². The van der Waals surface area contributed by atoms with Crippen LogP contribution in [0.1, 0.15) is 13.3 Å². The van der Waals surface area contributed by atoms with Crippen LogP contribution in [0.2, 0.25) is 0 Å². The Bertz CT molecular complexity index is 355. The lowest BCUT2D eigenvalue weighted by molar-refractivity contribution is 0.306. The third-order valence-electron chi connectivity index (χ3n) is 1.66. The van der Waals surface area contributed by atoms with E-state index in [-0.39, 0.29) is 0 Å². The fourth-order valence-corrected chi connectivity index (χ4v) is 1.29. The lowest BCUT2D eigenvalue weighted by Crippen LogP contribution is -2.02. The average molecular weight is 225 g/mol. The molecule has 1 aromatic rings. The number of hydrogen-bond acceptors (Lipinski definition) is 5. The molecule has 0 amide bonds. The number of nitrogens with two attached hydrogens (primary N) is 1. The highest BCUT2D eigenvalue weighted by molar-refractivity contribution is 7.98. The van der Waals surface area contributed by atoms with Crippen LogP contribution < -0.4 is 10.5 Å². The minimum Gasteiger partial charge on any atom is -0.477 e. The summed E-state index contributed by atoms with van der Waals surface area (Å²) in [6.45, 7) is 6.33. The zero-order valence-corrected chi connectivity index (χ0v) is 9.80. The first-order chi connectivity index (χ1) is 7.11. The van der Waals surface area contributed by atoms with Crippen molar-refractivity contribution in [2.45, 2.75) is 18.5 Å². The van der Waals surface area contributed by atoms with Gasteiger partial charge in [0.15, 0.2) is 5.16 Å². The lowest BCUT2D eigenvalue weighted by atomic mass is 10.3. The van der Waals surface area contributed by atoms with E-state index in [1.165, 1.54) is 11.8 Å². The highest BCUT2D eigenvalue weighted by Gasteiger charge is 2.02. The molecular formula is C10H15N3OS. The highest BCUT2D eigenvalue weighted by Crippen LogP contribution is 2.17. The molecule has 2 N–H and O–H groups in total. The monoisotopic (exact) mass is 225 g/mol. The van der Waals surface area contributed by atoms with Crippen molar-refractivity contribution in [3.63, 3.8) is 0 Å². The van der Waals surface area contributed by atoms with Crippen molar-refractivity contribution in [1.82, 2.24) is 9.97 Å². The minimum atomic E-state index is 0.430. The van der Waals surface area contributed by atoms with E-state index in [4.69, 9.17) is 10.5 Å². The van der Waals surface area contributed by atoms with Crippen molar-refractivity contribution >= 4 is 17.6 Å². The van der Waals surface area contributed by atoms with Crippen molar-refractivity contribution < 1.29 is 4.74 Å². The summed E-state index contributed by atoms with van der Waals surface area (Å²) in [7, 11) is 0. The Balaban J connectivity index is 2.60. The van der Waals surface area contributed by atoms with Gasteiger partial charge in [-0.2, -0.15) is 4.98 Å². The van der Waals surface area contributed by atoms with Gasteiger partial charge in [0.2, 0.25) is 5.88 Å². The Hall–Kier alpha value is -1.23. The summed E-state index contributed by atoms with van der Waals surface area (Å²) >= 11 is 1.44. The van der Waals surface area contributed by atoms with E-state index in [2.05, 4.69) is 16.5 Å². The van der Waals surface area contributed by atoms with Gasteiger partial charge in [-0.25, -0.2) is 4.98 Å². The van der Waals surface area contributed by atoms with E-state index in [9.17, 15) is 0 Å². The molecule has 0 aliphatic heterocycles. The van der Waals surface area contributed by atoms with Crippen LogP contribution >= 0.6 is 11.8 Å². The highest BCUT2D eigenvalue weighted by atomic mass is 32.2. The lowest BCUT2D eigenvalue weighted by Gasteiger charge is -2.06. The summed E-state index contributed by atoms with van der Waals surface area (Å²) in [5.74, 6) is 0.952. The summed E-state index contributed by atoms with van der Waals surface area (Å²) < 4.78 is 5.43. The largest absolute Gasteiger partial charge is 0.477 e. The zero-order valence-electron chi connectivity index (χ0n) is 8.99. The van der Waals surface area contributed by atoms with Crippen molar-refractivity contribution in [2.75, 3.05) is 18.6 Å². The molecule has 0 saturated heterocycles. The number of thioether (sulfide) groups is 1. The Labute approximate surface area is 93.9 Å². The summed E-state index contributed by atoms with van der Waals surface area (Å²) in [6, 6.07) is 1.62. The summed E-state index contributed by atoms with van der Waals surface area (Å²) in [4.78, 5) is 8.20. The maximum absolute atomic E-state index is 5.60. The van der Waals surface area contributed by atoms with Crippen LogP contribution in [0.3, 0.4) is 0 Å². The maximum atomic E-state index is 5.60. The zero-order chi connectivity index (χ0) is 11.3. The predicted molar refractivity (Wildman–Crippen MR) is 63.2 cm³/mol. The van der Waals surface area contributed by atoms with Crippen molar-refractivity contribution in [3.8, 4) is 5.88 Å². The van der Waals surface area contributed by atoms with Gasteiger partial charge in [-0.05, 0) is 13.2 Å². The van der Waals surface area contributed by atoms with Gasteiger partial charge in [0.25, 0.3) is 0 Å². The number of nitrogens with zero attached hydrogens (tertiary/aromatic N) is 2. The Morgan fingerprint density at radius 2 is 2.33 bits per heavy atom. The molecule has 1 aromatic heterocycles. The van der Waals surface area contributed by atoms with Gasteiger partial charge >= 0.3 is 0 Å². The number of nitrogen functional groups attached to an aromatic ring is 1. The molecular weight excluding hydrogens is 210 g/mol. The molecule has 0 fully saturated rings. The molecule has 82 valence electrons. The third-order valence-corrected chi connectivity index (χ3v) is 2.21. The van der Waals surface area contributed by atoms with Crippen LogP contribution in [0.25, 0.3) is 0 Å².